The van der Waals surface area contributed by atoms with Gasteiger partial charge in [-0.1, -0.05) is 41.3 Å². The molecule has 1 aromatic carbocycles. The summed E-state index contributed by atoms with van der Waals surface area (Å²) < 4.78 is 6.90. The second-order valence-corrected chi connectivity index (χ2v) is 6.28. The maximum Gasteiger partial charge on any atom is 0.188 e. The molecule has 0 aliphatic rings. The minimum atomic E-state index is -0.161. The number of aromatic nitrogens is 3. The number of nitrogens with zero attached hydrogens (tertiary/aromatic N) is 4. The summed E-state index contributed by atoms with van der Waals surface area (Å²) in [6, 6.07) is 9.09. The third-order valence-corrected chi connectivity index (χ3v) is 4.75. The van der Waals surface area contributed by atoms with Crippen LogP contribution in [0.15, 0.2) is 40.1 Å². The molecule has 3 rings (SSSR count). The number of thiol groups is 1. The molecule has 5 nitrogen and oxygen atoms in total. The van der Waals surface area contributed by atoms with Crippen LogP contribution < -0.4 is 0 Å². The summed E-state index contributed by atoms with van der Waals surface area (Å²) in [7, 11) is 0. The number of hydrogen-bond acceptors (Lipinski definition) is 5. The van der Waals surface area contributed by atoms with Crippen LogP contribution in [0, 0.1) is 11.3 Å². The van der Waals surface area contributed by atoms with E-state index in [0.29, 0.717) is 38.8 Å². The van der Waals surface area contributed by atoms with Crippen LogP contribution in [0.3, 0.4) is 0 Å². The predicted molar refractivity (Wildman–Crippen MR) is 94.6 cm³/mol. The van der Waals surface area contributed by atoms with Crippen molar-refractivity contribution in [1.29, 1.82) is 5.26 Å². The smallest absolute Gasteiger partial charge is 0.188 e. The van der Waals surface area contributed by atoms with E-state index in [2.05, 4.69) is 28.8 Å². The topological polar surface area (TPSA) is 67.6 Å². The number of hydrogen-bond donors (Lipinski definition) is 1. The average Bonchev–Trinajstić information content (AvgIpc) is 3.20. The van der Waals surface area contributed by atoms with Crippen LogP contribution in [0.4, 0.5) is 0 Å². The van der Waals surface area contributed by atoms with Crippen LogP contribution in [-0.4, -0.2) is 14.7 Å². The molecule has 0 aliphatic carbocycles. The van der Waals surface area contributed by atoms with Gasteiger partial charge in [0.05, 0.1) is 22.3 Å². The molecule has 0 radical (unpaired) electrons. The van der Waals surface area contributed by atoms with Gasteiger partial charge >= 0.3 is 0 Å². The molecule has 0 spiro atoms. The van der Waals surface area contributed by atoms with Crippen molar-refractivity contribution in [3.8, 4) is 17.5 Å². The van der Waals surface area contributed by atoms with Crippen LogP contribution >= 0.6 is 35.8 Å². The first-order valence-corrected chi connectivity index (χ1v) is 8.34. The fraction of sp³-hybridized carbons (Fsp3) is 0.188. The zero-order valence-electron chi connectivity index (χ0n) is 12.6. The maximum absolute atomic E-state index is 9.65. The van der Waals surface area contributed by atoms with Crippen molar-refractivity contribution in [3.63, 3.8) is 0 Å². The van der Waals surface area contributed by atoms with E-state index in [4.69, 9.17) is 27.7 Å². The Morgan fingerprint density at radius 1 is 1.33 bits per heavy atom. The van der Waals surface area contributed by atoms with Gasteiger partial charge in [-0.3, -0.25) is 0 Å². The largest absolute Gasteiger partial charge is 0.355 e. The normalized spacial score (nSPS) is 12.1. The SMILES string of the molecule is CCC(c1ccc(Cl)c(Cl)c1)n1c(S)nc(-c2ccno2)c1C#N. The zero-order chi connectivity index (χ0) is 17.3. The fourth-order valence-electron chi connectivity index (χ4n) is 2.62. The van der Waals surface area contributed by atoms with E-state index in [1.165, 1.54) is 6.20 Å². The highest BCUT2D eigenvalue weighted by atomic mass is 35.5. The summed E-state index contributed by atoms with van der Waals surface area (Å²) in [5.74, 6) is 0.421. The van der Waals surface area contributed by atoms with Gasteiger partial charge in [0.2, 0.25) is 0 Å². The highest BCUT2D eigenvalue weighted by molar-refractivity contribution is 7.80. The van der Waals surface area contributed by atoms with Crippen LogP contribution in [-0.2, 0) is 0 Å². The van der Waals surface area contributed by atoms with E-state index < -0.39 is 0 Å². The zero-order valence-corrected chi connectivity index (χ0v) is 15.0. The molecule has 0 saturated carbocycles. The molecule has 0 saturated heterocycles. The van der Waals surface area contributed by atoms with Crippen LogP contribution in [0.2, 0.25) is 10.0 Å². The van der Waals surface area contributed by atoms with Gasteiger partial charge in [-0.2, -0.15) is 5.26 Å². The van der Waals surface area contributed by atoms with Gasteiger partial charge in [0.1, 0.15) is 11.8 Å². The summed E-state index contributed by atoms with van der Waals surface area (Å²) in [6.07, 6.45) is 2.22. The molecule has 2 heterocycles. The predicted octanol–water partition coefficient (Wildman–Crippen LogP) is 5.00. The van der Waals surface area contributed by atoms with E-state index in [-0.39, 0.29) is 6.04 Å². The summed E-state index contributed by atoms with van der Waals surface area (Å²) >= 11 is 16.6. The molecule has 0 N–H and O–H groups in total. The first-order valence-electron chi connectivity index (χ1n) is 7.14. The Balaban J connectivity index is 2.16. The molecule has 0 bridgehead atoms. The number of imidazole rings is 1. The minimum absolute atomic E-state index is 0.161. The molecule has 122 valence electrons. The first-order chi connectivity index (χ1) is 11.6. The van der Waals surface area contributed by atoms with Gasteiger partial charge in [-0.25, -0.2) is 4.98 Å². The van der Waals surface area contributed by atoms with Crippen molar-refractivity contribution < 1.29 is 4.52 Å². The van der Waals surface area contributed by atoms with Crippen LogP contribution in [0.5, 0.6) is 0 Å². The lowest BCUT2D eigenvalue weighted by Gasteiger charge is -2.20. The molecule has 2 aromatic heterocycles. The Kier molecular flexibility index (Phi) is 4.86. The van der Waals surface area contributed by atoms with E-state index in [0.717, 1.165) is 5.56 Å². The first kappa shape index (κ1) is 16.9. The molecular formula is C16H12Cl2N4OS. The van der Waals surface area contributed by atoms with E-state index in [9.17, 15) is 5.26 Å². The second kappa shape index (κ2) is 6.89. The van der Waals surface area contributed by atoms with Crippen LogP contribution in [0.25, 0.3) is 11.5 Å². The molecule has 1 atom stereocenters. The van der Waals surface area contributed by atoms with Crippen molar-refractivity contribution in [1.82, 2.24) is 14.7 Å². The highest BCUT2D eigenvalue weighted by Crippen LogP contribution is 2.34. The summed E-state index contributed by atoms with van der Waals surface area (Å²) in [5, 5.41) is 14.7. The van der Waals surface area contributed by atoms with Crippen molar-refractivity contribution in [2.24, 2.45) is 0 Å². The molecule has 0 amide bonds. The lowest BCUT2D eigenvalue weighted by Crippen LogP contribution is -2.12. The number of benzene rings is 1. The van der Waals surface area contributed by atoms with Gasteiger partial charge < -0.3 is 9.09 Å². The summed E-state index contributed by atoms with van der Waals surface area (Å²) in [4.78, 5) is 4.37. The van der Waals surface area contributed by atoms with Crippen molar-refractivity contribution in [2.75, 3.05) is 0 Å². The molecule has 8 heteroatoms. The monoisotopic (exact) mass is 378 g/mol. The highest BCUT2D eigenvalue weighted by Gasteiger charge is 2.25. The Bertz CT molecular complexity index is 915. The summed E-state index contributed by atoms with van der Waals surface area (Å²) in [5.41, 5.74) is 1.69. The minimum Gasteiger partial charge on any atom is -0.355 e. The average molecular weight is 379 g/mol. The maximum atomic E-state index is 9.65. The number of nitriles is 1. The molecule has 3 aromatic rings. The van der Waals surface area contributed by atoms with Gasteiger partial charge in [-0.15, -0.1) is 12.6 Å². The molecule has 0 fully saturated rings. The van der Waals surface area contributed by atoms with Gasteiger partial charge in [-0.05, 0) is 24.1 Å². The third kappa shape index (κ3) is 2.91. The van der Waals surface area contributed by atoms with Crippen LogP contribution in [0.1, 0.15) is 30.6 Å². The van der Waals surface area contributed by atoms with E-state index in [1.54, 1.807) is 22.8 Å². The quantitative estimate of drug-likeness (QED) is 0.648. The van der Waals surface area contributed by atoms with Crippen molar-refractivity contribution in [3.05, 3.63) is 51.8 Å². The lowest BCUT2D eigenvalue weighted by atomic mass is 10.0. The molecule has 1 unspecified atom stereocenters. The summed E-state index contributed by atoms with van der Waals surface area (Å²) in [6.45, 7) is 2.01. The van der Waals surface area contributed by atoms with E-state index >= 15 is 0 Å². The van der Waals surface area contributed by atoms with Gasteiger partial charge in [0.25, 0.3) is 0 Å². The van der Waals surface area contributed by atoms with Crippen molar-refractivity contribution >= 4 is 35.8 Å². The molecular weight excluding hydrogens is 367 g/mol. The Morgan fingerprint density at radius 2 is 2.12 bits per heavy atom. The number of halogens is 2. The van der Waals surface area contributed by atoms with Crippen molar-refractivity contribution in [2.45, 2.75) is 24.5 Å². The number of rotatable bonds is 4. The Morgan fingerprint density at radius 3 is 2.71 bits per heavy atom. The van der Waals surface area contributed by atoms with Gasteiger partial charge in [0, 0.05) is 6.07 Å². The standard InChI is InChI=1S/C16H12Cl2N4OS/c1-2-12(9-3-4-10(17)11(18)7-9)22-13(8-19)15(21-16(22)24)14-5-6-20-23-14/h3-7,12H,2H2,1H3,(H,21,24). The molecule has 0 aliphatic heterocycles. The Labute approximate surface area is 154 Å². The lowest BCUT2D eigenvalue weighted by molar-refractivity contribution is 0.431. The Hall–Kier alpha value is -1.94. The second-order valence-electron chi connectivity index (χ2n) is 5.07. The van der Waals surface area contributed by atoms with Gasteiger partial charge in [0.15, 0.2) is 16.6 Å². The third-order valence-electron chi connectivity index (χ3n) is 3.70. The van der Waals surface area contributed by atoms with E-state index in [1.807, 2.05) is 13.0 Å². The fourth-order valence-corrected chi connectivity index (χ4v) is 3.27. The molecule has 24 heavy (non-hydrogen) atoms.